The fourth-order valence-electron chi connectivity index (χ4n) is 2.31. The summed E-state index contributed by atoms with van der Waals surface area (Å²) >= 11 is 0. The van der Waals surface area contributed by atoms with Gasteiger partial charge in [-0.1, -0.05) is 42.4 Å². The number of anilines is 1. The molecule has 0 aliphatic rings. The summed E-state index contributed by atoms with van der Waals surface area (Å²) in [6.07, 6.45) is 0.958. The van der Waals surface area contributed by atoms with Crippen molar-refractivity contribution in [2.75, 3.05) is 17.8 Å². The third kappa shape index (κ3) is 2.78. The summed E-state index contributed by atoms with van der Waals surface area (Å²) in [7, 11) is 0. The van der Waals surface area contributed by atoms with E-state index in [2.05, 4.69) is 46.1 Å². The second kappa shape index (κ2) is 6.30. The lowest BCUT2D eigenvalue weighted by Gasteiger charge is -2.15. The van der Waals surface area contributed by atoms with Crippen LogP contribution in [0.2, 0.25) is 0 Å². The van der Waals surface area contributed by atoms with Gasteiger partial charge in [0, 0.05) is 5.56 Å². The molecule has 2 aromatic carbocycles. The van der Waals surface area contributed by atoms with Gasteiger partial charge in [0.15, 0.2) is 0 Å². The Labute approximate surface area is 128 Å². The predicted molar refractivity (Wildman–Crippen MR) is 85.0 cm³/mol. The molecule has 3 rings (SSSR count). The van der Waals surface area contributed by atoms with Crippen molar-refractivity contribution in [3.8, 4) is 5.75 Å². The normalized spacial score (nSPS) is 10.8. The molecule has 0 spiro atoms. The van der Waals surface area contributed by atoms with E-state index in [0.29, 0.717) is 13.2 Å². The maximum absolute atomic E-state index is 5.86. The fraction of sp³-hybridized carbons (Fsp3) is 0.267. The number of nitrogens with one attached hydrogen (secondary N) is 1. The van der Waals surface area contributed by atoms with Crippen molar-refractivity contribution in [2.45, 2.75) is 19.9 Å². The molecule has 0 aliphatic carbocycles. The molecular formula is C15H18N6O. The molecule has 3 aromatic rings. The third-order valence-electron chi connectivity index (χ3n) is 3.36. The molecule has 0 bridgehead atoms. The first-order chi connectivity index (χ1) is 10.8. The van der Waals surface area contributed by atoms with Gasteiger partial charge in [0.25, 0.3) is 5.95 Å². The van der Waals surface area contributed by atoms with Gasteiger partial charge >= 0.3 is 0 Å². The van der Waals surface area contributed by atoms with Crippen LogP contribution in [0.1, 0.15) is 18.9 Å². The largest absolute Gasteiger partial charge is 0.493 e. The number of hydrogen-bond donors (Lipinski definition) is 2. The van der Waals surface area contributed by atoms with Crippen molar-refractivity contribution in [2.24, 2.45) is 0 Å². The number of rotatable bonds is 6. The number of aromatic nitrogens is 4. The molecule has 0 fully saturated rings. The maximum Gasteiger partial charge on any atom is 0.260 e. The summed E-state index contributed by atoms with van der Waals surface area (Å²) in [5, 5.41) is 13.2. The smallest absolute Gasteiger partial charge is 0.260 e. The Balaban J connectivity index is 1.94. The highest BCUT2D eigenvalue weighted by molar-refractivity contribution is 5.87. The Hall–Kier alpha value is -2.83. The van der Waals surface area contributed by atoms with Crippen molar-refractivity contribution in [1.82, 2.24) is 20.3 Å². The van der Waals surface area contributed by atoms with Crippen LogP contribution in [-0.4, -0.2) is 26.9 Å². The van der Waals surface area contributed by atoms with E-state index in [9.17, 15) is 0 Å². The molecule has 0 unspecified atom stereocenters. The highest BCUT2D eigenvalue weighted by atomic mass is 16.5. The van der Waals surface area contributed by atoms with Gasteiger partial charge in [-0.2, -0.15) is 0 Å². The summed E-state index contributed by atoms with van der Waals surface area (Å²) in [6.45, 7) is 3.27. The van der Waals surface area contributed by atoms with E-state index in [1.807, 2.05) is 18.2 Å². The molecule has 0 saturated heterocycles. The van der Waals surface area contributed by atoms with Gasteiger partial charge in [-0.15, -0.1) is 4.79 Å². The fourth-order valence-corrected chi connectivity index (χ4v) is 2.31. The molecule has 0 atom stereocenters. The van der Waals surface area contributed by atoms with E-state index in [0.717, 1.165) is 28.5 Å². The van der Waals surface area contributed by atoms with Gasteiger partial charge in [-0.05, 0) is 33.7 Å². The SMILES string of the molecule is CCCOc1ccc2ccccc2c1CNn1nnnc1N. The minimum absolute atomic E-state index is 0.219. The van der Waals surface area contributed by atoms with Gasteiger partial charge in [-0.25, -0.2) is 0 Å². The summed E-state index contributed by atoms with van der Waals surface area (Å²) in [5.41, 5.74) is 9.82. The average Bonchev–Trinajstić information content (AvgIpc) is 2.96. The van der Waals surface area contributed by atoms with Crippen LogP contribution in [-0.2, 0) is 6.54 Å². The second-order valence-electron chi connectivity index (χ2n) is 4.90. The number of hydrogen-bond acceptors (Lipinski definition) is 6. The Morgan fingerprint density at radius 1 is 1.23 bits per heavy atom. The van der Waals surface area contributed by atoms with E-state index in [4.69, 9.17) is 10.5 Å². The van der Waals surface area contributed by atoms with Crippen LogP contribution in [0.3, 0.4) is 0 Å². The molecule has 7 nitrogen and oxygen atoms in total. The number of nitrogens with zero attached hydrogens (tertiary/aromatic N) is 4. The number of benzene rings is 2. The topological polar surface area (TPSA) is 90.9 Å². The summed E-state index contributed by atoms with van der Waals surface area (Å²) in [6, 6.07) is 12.3. The van der Waals surface area contributed by atoms with E-state index >= 15 is 0 Å². The minimum atomic E-state index is 0.219. The zero-order valence-corrected chi connectivity index (χ0v) is 12.4. The standard InChI is InChI=1S/C15H18N6O/c1-2-9-22-14-8-7-11-5-3-4-6-12(11)13(14)10-17-21-15(16)18-19-20-21/h3-8,17H,2,9-10H2,1H3,(H2,16,18,20). The monoisotopic (exact) mass is 298 g/mol. The van der Waals surface area contributed by atoms with Crippen LogP contribution in [0.4, 0.5) is 5.95 Å². The van der Waals surface area contributed by atoms with E-state index in [-0.39, 0.29) is 5.95 Å². The second-order valence-corrected chi connectivity index (χ2v) is 4.90. The zero-order valence-electron chi connectivity index (χ0n) is 12.4. The molecule has 114 valence electrons. The number of nitrogens with two attached hydrogens (primary N) is 1. The van der Waals surface area contributed by atoms with Crippen LogP contribution in [0.15, 0.2) is 36.4 Å². The molecule has 1 heterocycles. The lowest BCUT2D eigenvalue weighted by Crippen LogP contribution is -2.19. The average molecular weight is 298 g/mol. The number of fused-ring (bicyclic) bond motifs is 1. The highest BCUT2D eigenvalue weighted by Crippen LogP contribution is 2.28. The first-order valence-corrected chi connectivity index (χ1v) is 7.20. The highest BCUT2D eigenvalue weighted by Gasteiger charge is 2.10. The third-order valence-corrected chi connectivity index (χ3v) is 3.36. The van der Waals surface area contributed by atoms with Gasteiger partial charge in [0.05, 0.1) is 13.2 Å². The van der Waals surface area contributed by atoms with Gasteiger partial charge < -0.3 is 15.9 Å². The Bertz CT molecular complexity index is 770. The van der Waals surface area contributed by atoms with E-state index in [1.54, 1.807) is 0 Å². The number of ether oxygens (including phenoxy) is 1. The van der Waals surface area contributed by atoms with Gasteiger partial charge in [0.2, 0.25) is 0 Å². The number of nitrogen functional groups attached to an aromatic ring is 1. The Morgan fingerprint density at radius 2 is 2.09 bits per heavy atom. The van der Waals surface area contributed by atoms with Crippen LogP contribution < -0.4 is 15.9 Å². The lowest BCUT2D eigenvalue weighted by atomic mass is 10.0. The maximum atomic E-state index is 5.86. The molecule has 0 amide bonds. The molecule has 0 saturated carbocycles. The van der Waals surface area contributed by atoms with Crippen LogP contribution in [0.25, 0.3) is 10.8 Å². The summed E-state index contributed by atoms with van der Waals surface area (Å²) in [5.74, 6) is 1.08. The number of tetrazole rings is 1. The molecule has 1 aromatic heterocycles. The van der Waals surface area contributed by atoms with E-state index < -0.39 is 0 Å². The quantitative estimate of drug-likeness (QED) is 0.722. The van der Waals surface area contributed by atoms with Gasteiger partial charge in [0.1, 0.15) is 5.75 Å². The molecule has 0 aliphatic heterocycles. The Kier molecular flexibility index (Phi) is 4.04. The first-order valence-electron chi connectivity index (χ1n) is 7.20. The first kappa shape index (κ1) is 14.1. The van der Waals surface area contributed by atoms with Gasteiger partial charge in [-0.3, -0.25) is 0 Å². The summed E-state index contributed by atoms with van der Waals surface area (Å²) < 4.78 is 5.86. The lowest BCUT2D eigenvalue weighted by molar-refractivity contribution is 0.315. The predicted octanol–water partition coefficient (Wildman–Crippen LogP) is 1.94. The molecule has 3 N–H and O–H groups in total. The van der Waals surface area contributed by atoms with Crippen LogP contribution in [0.5, 0.6) is 5.75 Å². The Morgan fingerprint density at radius 3 is 2.86 bits per heavy atom. The molecule has 0 radical (unpaired) electrons. The van der Waals surface area contributed by atoms with E-state index in [1.165, 1.54) is 4.79 Å². The molecule has 22 heavy (non-hydrogen) atoms. The van der Waals surface area contributed by atoms with Crippen molar-refractivity contribution in [3.63, 3.8) is 0 Å². The van der Waals surface area contributed by atoms with Crippen molar-refractivity contribution in [1.29, 1.82) is 0 Å². The molecule has 7 heteroatoms. The van der Waals surface area contributed by atoms with Crippen molar-refractivity contribution in [3.05, 3.63) is 42.0 Å². The van der Waals surface area contributed by atoms with Crippen LogP contribution in [0, 0.1) is 0 Å². The minimum Gasteiger partial charge on any atom is -0.493 e. The molecular weight excluding hydrogens is 280 g/mol. The summed E-state index contributed by atoms with van der Waals surface area (Å²) in [4.78, 5) is 1.35. The van der Waals surface area contributed by atoms with Crippen LogP contribution >= 0.6 is 0 Å². The van der Waals surface area contributed by atoms with Crippen molar-refractivity contribution >= 4 is 16.7 Å². The zero-order chi connectivity index (χ0) is 15.4. The van der Waals surface area contributed by atoms with Crippen molar-refractivity contribution < 1.29 is 4.74 Å².